The number of anilines is 1. The van der Waals surface area contributed by atoms with Crippen molar-refractivity contribution in [2.75, 3.05) is 18.2 Å². The molecule has 0 fully saturated rings. The fourth-order valence-electron chi connectivity index (χ4n) is 2.04. The largest absolute Gasteiger partial charge is 0.494 e. The van der Waals surface area contributed by atoms with Gasteiger partial charge in [0.1, 0.15) is 5.75 Å². The Bertz CT molecular complexity index is 668. The van der Waals surface area contributed by atoms with E-state index < -0.39 is 10.8 Å². The molecular formula is C17H19NO3S. The van der Waals surface area contributed by atoms with Gasteiger partial charge in [-0.3, -0.25) is 9.00 Å². The zero-order chi connectivity index (χ0) is 15.9. The highest BCUT2D eigenvalue weighted by atomic mass is 32.2. The molecule has 0 saturated heterocycles. The lowest BCUT2D eigenvalue weighted by Crippen LogP contribution is -2.12. The van der Waals surface area contributed by atoms with Crippen LogP contribution in [0, 0.1) is 0 Å². The van der Waals surface area contributed by atoms with E-state index in [9.17, 15) is 9.00 Å². The number of ether oxygens (including phenoxy) is 1. The smallest absolute Gasteiger partial charge is 0.255 e. The number of hydrogen-bond donors (Lipinski definition) is 1. The Morgan fingerprint density at radius 2 is 1.91 bits per heavy atom. The Kier molecular flexibility index (Phi) is 5.72. The van der Waals surface area contributed by atoms with Gasteiger partial charge >= 0.3 is 0 Å². The molecule has 1 atom stereocenters. The van der Waals surface area contributed by atoms with E-state index in [0.717, 1.165) is 11.3 Å². The number of nitrogens with one attached hydrogen (secondary N) is 1. The van der Waals surface area contributed by atoms with Crippen LogP contribution in [0.25, 0.3) is 0 Å². The number of amides is 1. The number of carbonyl (C=O) groups excluding carboxylic acids is 1. The highest BCUT2D eigenvalue weighted by Gasteiger charge is 2.07. The molecule has 0 aromatic heterocycles. The number of hydrogen-bond acceptors (Lipinski definition) is 3. The molecule has 116 valence electrons. The van der Waals surface area contributed by atoms with E-state index in [1.807, 2.05) is 25.1 Å². The van der Waals surface area contributed by atoms with Gasteiger partial charge < -0.3 is 10.1 Å². The zero-order valence-corrected chi connectivity index (χ0v) is 13.5. The van der Waals surface area contributed by atoms with Gasteiger partial charge in [-0.25, -0.2) is 0 Å². The molecule has 0 heterocycles. The molecule has 0 aliphatic heterocycles. The first kappa shape index (κ1) is 16.2. The van der Waals surface area contributed by atoms with Gasteiger partial charge in [0, 0.05) is 34.1 Å². The summed E-state index contributed by atoms with van der Waals surface area (Å²) >= 11 is 0. The molecule has 0 radical (unpaired) electrons. The van der Waals surface area contributed by atoms with Crippen molar-refractivity contribution in [3.05, 3.63) is 59.7 Å². The normalized spacial score (nSPS) is 11.7. The Labute approximate surface area is 133 Å². The standard InChI is InChI=1S/C17H19NO3S/c1-3-21-16-9-7-15(8-10-16)18-17(19)14-6-4-5-13(11-14)12-22(2)20/h4-11H,3,12H2,1-2H3,(H,18,19). The summed E-state index contributed by atoms with van der Waals surface area (Å²) < 4.78 is 16.6. The van der Waals surface area contributed by atoms with E-state index in [4.69, 9.17) is 4.74 Å². The van der Waals surface area contributed by atoms with Crippen LogP contribution in [0.1, 0.15) is 22.8 Å². The molecule has 1 amide bonds. The first-order valence-electron chi connectivity index (χ1n) is 7.01. The molecule has 22 heavy (non-hydrogen) atoms. The Morgan fingerprint density at radius 1 is 1.18 bits per heavy atom. The summed E-state index contributed by atoms with van der Waals surface area (Å²) in [5, 5.41) is 2.84. The summed E-state index contributed by atoms with van der Waals surface area (Å²) in [5.74, 6) is 1.03. The molecule has 4 nitrogen and oxygen atoms in total. The number of carbonyl (C=O) groups is 1. The minimum Gasteiger partial charge on any atom is -0.494 e. The third-order valence-electron chi connectivity index (χ3n) is 2.98. The van der Waals surface area contributed by atoms with Crippen LogP contribution in [-0.2, 0) is 16.6 Å². The van der Waals surface area contributed by atoms with Gasteiger partial charge in [0.15, 0.2) is 0 Å². The van der Waals surface area contributed by atoms with Crippen molar-refractivity contribution >= 4 is 22.4 Å². The molecule has 0 aliphatic carbocycles. The molecule has 2 aromatic carbocycles. The van der Waals surface area contributed by atoms with Crippen LogP contribution in [0.4, 0.5) is 5.69 Å². The molecule has 0 bridgehead atoms. The summed E-state index contributed by atoms with van der Waals surface area (Å²) in [7, 11) is -0.926. The third-order valence-corrected chi connectivity index (χ3v) is 3.72. The summed E-state index contributed by atoms with van der Waals surface area (Å²) in [6.45, 7) is 2.53. The van der Waals surface area contributed by atoms with E-state index in [1.165, 1.54) is 0 Å². The molecule has 1 N–H and O–H groups in total. The van der Waals surface area contributed by atoms with Gasteiger partial charge in [0.2, 0.25) is 0 Å². The van der Waals surface area contributed by atoms with Crippen LogP contribution in [0.15, 0.2) is 48.5 Å². The summed E-state index contributed by atoms with van der Waals surface area (Å²) in [5.41, 5.74) is 2.15. The summed E-state index contributed by atoms with van der Waals surface area (Å²) in [6.07, 6.45) is 1.65. The Hall–Kier alpha value is -2.14. The van der Waals surface area contributed by atoms with Crippen molar-refractivity contribution in [1.82, 2.24) is 0 Å². The molecular weight excluding hydrogens is 298 g/mol. The van der Waals surface area contributed by atoms with Gasteiger partial charge in [0.25, 0.3) is 5.91 Å². The SMILES string of the molecule is CCOc1ccc(NC(=O)c2cccc(CS(C)=O)c2)cc1. The average Bonchev–Trinajstić information content (AvgIpc) is 2.49. The second-order valence-corrected chi connectivity index (χ2v) is 6.26. The molecule has 0 aliphatic rings. The highest BCUT2D eigenvalue weighted by Crippen LogP contribution is 2.17. The van der Waals surface area contributed by atoms with Crippen molar-refractivity contribution in [1.29, 1.82) is 0 Å². The van der Waals surface area contributed by atoms with Gasteiger partial charge in [0.05, 0.1) is 6.61 Å². The predicted octanol–water partition coefficient (Wildman–Crippen LogP) is 3.22. The molecule has 0 spiro atoms. The average molecular weight is 317 g/mol. The van der Waals surface area contributed by atoms with Crippen molar-refractivity contribution < 1.29 is 13.7 Å². The monoisotopic (exact) mass is 317 g/mol. The summed E-state index contributed by atoms with van der Waals surface area (Å²) in [4.78, 5) is 12.2. The number of benzene rings is 2. The molecule has 5 heteroatoms. The second kappa shape index (κ2) is 7.75. The Morgan fingerprint density at radius 3 is 2.55 bits per heavy atom. The van der Waals surface area contributed by atoms with E-state index in [-0.39, 0.29) is 5.91 Å². The minimum atomic E-state index is -0.926. The Balaban J connectivity index is 2.06. The van der Waals surface area contributed by atoms with Crippen molar-refractivity contribution in [3.8, 4) is 5.75 Å². The highest BCUT2D eigenvalue weighted by molar-refractivity contribution is 7.83. The van der Waals surface area contributed by atoms with E-state index in [1.54, 1.807) is 36.6 Å². The third kappa shape index (κ3) is 4.70. The lowest BCUT2D eigenvalue weighted by Gasteiger charge is -2.08. The molecule has 0 saturated carbocycles. The topological polar surface area (TPSA) is 55.4 Å². The van der Waals surface area contributed by atoms with Crippen molar-refractivity contribution in [3.63, 3.8) is 0 Å². The fraction of sp³-hybridized carbons (Fsp3) is 0.235. The maximum atomic E-state index is 12.2. The van der Waals surface area contributed by atoms with Gasteiger partial charge in [-0.1, -0.05) is 12.1 Å². The van der Waals surface area contributed by atoms with Crippen LogP contribution >= 0.6 is 0 Å². The van der Waals surface area contributed by atoms with E-state index >= 15 is 0 Å². The van der Waals surface area contributed by atoms with Crippen LogP contribution in [0.3, 0.4) is 0 Å². The van der Waals surface area contributed by atoms with Gasteiger partial charge in [-0.15, -0.1) is 0 Å². The van der Waals surface area contributed by atoms with E-state index in [2.05, 4.69) is 5.32 Å². The van der Waals surface area contributed by atoms with Crippen LogP contribution < -0.4 is 10.1 Å². The van der Waals surface area contributed by atoms with Crippen LogP contribution in [0.2, 0.25) is 0 Å². The second-order valence-electron chi connectivity index (χ2n) is 4.83. The lowest BCUT2D eigenvalue weighted by molar-refractivity contribution is 0.102. The quantitative estimate of drug-likeness (QED) is 0.890. The molecule has 1 unspecified atom stereocenters. The maximum absolute atomic E-state index is 12.2. The fourth-order valence-corrected chi connectivity index (χ4v) is 2.69. The van der Waals surface area contributed by atoms with Crippen LogP contribution in [-0.4, -0.2) is 23.0 Å². The van der Waals surface area contributed by atoms with E-state index in [0.29, 0.717) is 23.6 Å². The first-order valence-corrected chi connectivity index (χ1v) is 8.74. The molecule has 2 rings (SSSR count). The van der Waals surface area contributed by atoms with Crippen LogP contribution in [0.5, 0.6) is 5.75 Å². The first-order chi connectivity index (χ1) is 10.6. The van der Waals surface area contributed by atoms with Crippen molar-refractivity contribution in [2.45, 2.75) is 12.7 Å². The van der Waals surface area contributed by atoms with Gasteiger partial charge in [-0.05, 0) is 48.9 Å². The predicted molar refractivity (Wildman–Crippen MR) is 89.8 cm³/mol. The number of rotatable bonds is 6. The minimum absolute atomic E-state index is 0.187. The van der Waals surface area contributed by atoms with Gasteiger partial charge in [-0.2, -0.15) is 0 Å². The van der Waals surface area contributed by atoms with Crippen molar-refractivity contribution in [2.24, 2.45) is 0 Å². The molecule has 2 aromatic rings. The summed E-state index contributed by atoms with van der Waals surface area (Å²) in [6, 6.07) is 14.4. The lowest BCUT2D eigenvalue weighted by atomic mass is 10.1. The zero-order valence-electron chi connectivity index (χ0n) is 12.7. The maximum Gasteiger partial charge on any atom is 0.255 e.